The van der Waals surface area contributed by atoms with Gasteiger partial charge in [0, 0.05) is 6.20 Å². The molecule has 0 bridgehead atoms. The summed E-state index contributed by atoms with van der Waals surface area (Å²) in [6, 6.07) is 1.26. The highest BCUT2D eigenvalue weighted by Gasteiger charge is 2.39. The Hall–Kier alpha value is -2.39. The van der Waals surface area contributed by atoms with Gasteiger partial charge in [0.25, 0.3) is 0 Å². The van der Waals surface area contributed by atoms with Crippen LogP contribution in [0.15, 0.2) is 18.3 Å². The smallest absolute Gasteiger partial charge is 0.407 e. The molecule has 4 N–H and O–H groups in total. The molecule has 29 heavy (non-hydrogen) atoms. The summed E-state index contributed by atoms with van der Waals surface area (Å²) in [6.45, 7) is 5.41. The lowest BCUT2D eigenvalue weighted by Gasteiger charge is -2.30. The largest absolute Gasteiger partial charge is 0.453 e. The van der Waals surface area contributed by atoms with E-state index in [-0.39, 0.29) is 30.0 Å². The maximum Gasteiger partial charge on any atom is 0.407 e. The molecule has 0 aromatic carbocycles. The van der Waals surface area contributed by atoms with Gasteiger partial charge in [-0.2, -0.15) is 0 Å². The summed E-state index contributed by atoms with van der Waals surface area (Å²) in [4.78, 5) is 41.9. The molecular formula is C19H30ClN5O4. The normalized spacial score (nSPS) is 17.8. The Morgan fingerprint density at radius 3 is 2.48 bits per heavy atom. The standard InChI is InChI=1S/C19H29N5O4.ClH/c1-10(2)14(23-18(26)11(3)20-4)16(25)15(24-19(27)28-5)13-9-12-7-6-8-21-17(12)22-13;/h6-8,10-11,13-15,20H,9H2,1-5H3,(H,21,22)(H,23,26)(H,24,27);1H/t11-,13-,14-,15?;/m0./s1. The number of anilines is 1. The number of rotatable bonds is 8. The predicted molar refractivity (Wildman–Crippen MR) is 112 cm³/mol. The Labute approximate surface area is 177 Å². The molecule has 0 fully saturated rings. The van der Waals surface area contributed by atoms with Gasteiger partial charge in [0.2, 0.25) is 5.91 Å². The quantitative estimate of drug-likeness (QED) is 0.486. The highest BCUT2D eigenvalue weighted by molar-refractivity contribution is 5.96. The summed E-state index contributed by atoms with van der Waals surface area (Å²) in [5.41, 5.74) is 0.964. The van der Waals surface area contributed by atoms with Crippen molar-refractivity contribution in [2.24, 2.45) is 5.92 Å². The number of nitrogens with zero attached hydrogens (tertiary/aromatic N) is 1. The number of ether oxygens (including phenoxy) is 1. The molecule has 1 unspecified atom stereocenters. The van der Waals surface area contributed by atoms with E-state index >= 15 is 0 Å². The van der Waals surface area contributed by atoms with Gasteiger partial charge in [-0.1, -0.05) is 19.9 Å². The third-order valence-electron chi connectivity index (χ3n) is 4.92. The van der Waals surface area contributed by atoms with Gasteiger partial charge in [-0.05, 0) is 37.9 Å². The van der Waals surface area contributed by atoms with Crippen LogP contribution in [-0.2, 0) is 20.7 Å². The molecule has 2 rings (SSSR count). The van der Waals surface area contributed by atoms with Crippen LogP contribution in [0.1, 0.15) is 26.3 Å². The van der Waals surface area contributed by atoms with E-state index in [1.165, 1.54) is 7.11 Å². The van der Waals surface area contributed by atoms with Crippen molar-refractivity contribution in [2.45, 2.75) is 51.4 Å². The number of Topliss-reactive ketones (excluding diaryl/α,β-unsaturated/α-hetero) is 1. The number of ketones is 1. The third kappa shape index (κ3) is 6.04. The molecule has 0 saturated carbocycles. The minimum Gasteiger partial charge on any atom is -0.453 e. The number of carbonyl (C=O) groups is 3. The van der Waals surface area contributed by atoms with E-state index in [0.29, 0.717) is 12.2 Å². The van der Waals surface area contributed by atoms with Crippen LogP contribution in [0.2, 0.25) is 0 Å². The van der Waals surface area contributed by atoms with Crippen LogP contribution in [0.25, 0.3) is 0 Å². The average Bonchev–Trinajstić information content (AvgIpc) is 3.12. The number of hydrogen-bond acceptors (Lipinski definition) is 7. The highest BCUT2D eigenvalue weighted by atomic mass is 35.5. The summed E-state index contributed by atoms with van der Waals surface area (Å²) >= 11 is 0. The topological polar surface area (TPSA) is 121 Å². The third-order valence-corrected chi connectivity index (χ3v) is 4.92. The van der Waals surface area contributed by atoms with E-state index in [2.05, 4.69) is 26.3 Å². The van der Waals surface area contributed by atoms with Crippen molar-refractivity contribution in [3.05, 3.63) is 23.9 Å². The number of hydrogen-bond donors (Lipinski definition) is 4. The fraction of sp³-hybridized carbons (Fsp3) is 0.579. The fourth-order valence-electron chi connectivity index (χ4n) is 3.12. The Kier molecular flexibility index (Phi) is 9.32. The van der Waals surface area contributed by atoms with Crippen LogP contribution in [0.3, 0.4) is 0 Å². The van der Waals surface area contributed by atoms with Gasteiger partial charge in [0.15, 0.2) is 5.78 Å². The van der Waals surface area contributed by atoms with Gasteiger partial charge in [0.1, 0.15) is 11.9 Å². The maximum atomic E-state index is 13.4. The Balaban J connectivity index is 0.00000420. The Bertz CT molecular complexity index is 705. The molecular weight excluding hydrogens is 398 g/mol. The SMILES string of the molecule is CN[C@@H](C)C(=O)N[C@H](C(=O)C(NC(=O)OC)[C@@H]1Cc2cccnc2N1)C(C)C.Cl. The Morgan fingerprint density at radius 1 is 1.24 bits per heavy atom. The van der Waals surface area contributed by atoms with Crippen LogP contribution in [0.5, 0.6) is 0 Å². The van der Waals surface area contributed by atoms with Crippen molar-refractivity contribution in [3.63, 3.8) is 0 Å². The monoisotopic (exact) mass is 427 g/mol. The van der Waals surface area contributed by atoms with Crippen LogP contribution < -0.4 is 21.3 Å². The van der Waals surface area contributed by atoms with Gasteiger partial charge in [-0.15, -0.1) is 12.4 Å². The molecule has 2 heterocycles. The van der Waals surface area contributed by atoms with Crippen molar-refractivity contribution in [1.29, 1.82) is 0 Å². The second-order valence-electron chi connectivity index (χ2n) is 7.22. The van der Waals surface area contributed by atoms with E-state index in [4.69, 9.17) is 4.74 Å². The van der Waals surface area contributed by atoms with E-state index in [9.17, 15) is 14.4 Å². The lowest BCUT2D eigenvalue weighted by molar-refractivity contribution is -0.130. The number of alkyl carbamates (subject to hydrolysis) is 1. The molecule has 0 radical (unpaired) electrons. The van der Waals surface area contributed by atoms with Gasteiger partial charge in [-0.3, -0.25) is 9.59 Å². The molecule has 2 amide bonds. The van der Waals surface area contributed by atoms with Gasteiger partial charge < -0.3 is 26.0 Å². The second-order valence-corrected chi connectivity index (χ2v) is 7.22. The first-order valence-electron chi connectivity index (χ1n) is 9.34. The lowest BCUT2D eigenvalue weighted by atomic mass is 9.90. The summed E-state index contributed by atoms with van der Waals surface area (Å²) in [5.74, 6) is -0.0479. The highest BCUT2D eigenvalue weighted by Crippen LogP contribution is 2.25. The first-order valence-corrected chi connectivity index (χ1v) is 9.34. The summed E-state index contributed by atoms with van der Waals surface area (Å²) in [5, 5.41) is 11.5. The molecule has 9 nitrogen and oxygen atoms in total. The summed E-state index contributed by atoms with van der Waals surface area (Å²) in [6.07, 6.45) is 1.48. The van der Waals surface area contributed by atoms with E-state index in [1.807, 2.05) is 26.0 Å². The predicted octanol–water partition coefficient (Wildman–Crippen LogP) is 0.882. The first kappa shape index (κ1) is 24.6. The summed E-state index contributed by atoms with van der Waals surface area (Å²) < 4.78 is 4.70. The van der Waals surface area contributed by atoms with E-state index < -0.39 is 30.3 Å². The van der Waals surface area contributed by atoms with Crippen molar-refractivity contribution < 1.29 is 19.1 Å². The number of amides is 2. The zero-order chi connectivity index (χ0) is 20.8. The second kappa shape index (κ2) is 11.0. The minimum atomic E-state index is -0.890. The van der Waals surface area contributed by atoms with E-state index in [0.717, 1.165) is 5.56 Å². The van der Waals surface area contributed by atoms with Crippen LogP contribution >= 0.6 is 12.4 Å². The molecule has 10 heteroatoms. The fourth-order valence-corrected chi connectivity index (χ4v) is 3.12. The van der Waals surface area contributed by atoms with Crippen LogP contribution in [0, 0.1) is 5.92 Å². The number of nitrogens with one attached hydrogen (secondary N) is 4. The zero-order valence-electron chi connectivity index (χ0n) is 17.3. The van der Waals surface area contributed by atoms with E-state index in [1.54, 1.807) is 20.2 Å². The number of aromatic nitrogens is 1. The molecule has 4 atom stereocenters. The van der Waals surface area contributed by atoms with Crippen molar-refractivity contribution in [2.75, 3.05) is 19.5 Å². The number of carbonyl (C=O) groups excluding carboxylic acids is 3. The van der Waals surface area contributed by atoms with Crippen LogP contribution in [-0.4, -0.2) is 61.1 Å². The van der Waals surface area contributed by atoms with Crippen molar-refractivity contribution in [3.8, 4) is 0 Å². The van der Waals surface area contributed by atoms with Crippen molar-refractivity contribution in [1.82, 2.24) is 20.9 Å². The summed E-state index contributed by atoms with van der Waals surface area (Å²) in [7, 11) is 2.91. The number of halogens is 1. The lowest BCUT2D eigenvalue weighted by Crippen LogP contribution is -2.60. The maximum absolute atomic E-state index is 13.4. The minimum absolute atomic E-state index is 0. The van der Waals surface area contributed by atoms with Crippen molar-refractivity contribution >= 4 is 36.0 Å². The first-order chi connectivity index (χ1) is 13.3. The molecule has 0 aliphatic carbocycles. The number of methoxy groups -OCH3 is 1. The molecule has 1 aromatic rings. The van der Waals surface area contributed by atoms with Gasteiger partial charge in [0.05, 0.1) is 25.2 Å². The molecule has 0 saturated heterocycles. The molecule has 1 aromatic heterocycles. The Morgan fingerprint density at radius 2 is 1.93 bits per heavy atom. The molecule has 162 valence electrons. The average molecular weight is 428 g/mol. The molecule has 1 aliphatic rings. The molecule has 1 aliphatic heterocycles. The number of likely N-dealkylation sites (N-methyl/N-ethyl adjacent to an activating group) is 1. The van der Waals surface area contributed by atoms with Gasteiger partial charge in [-0.25, -0.2) is 9.78 Å². The number of fused-ring (bicyclic) bond motifs is 1. The number of pyridine rings is 1. The van der Waals surface area contributed by atoms with Crippen LogP contribution in [0.4, 0.5) is 10.6 Å². The zero-order valence-corrected chi connectivity index (χ0v) is 18.1. The van der Waals surface area contributed by atoms with Gasteiger partial charge >= 0.3 is 6.09 Å². The molecule has 0 spiro atoms.